The van der Waals surface area contributed by atoms with E-state index in [1.165, 1.54) is 11.3 Å². The molecule has 0 radical (unpaired) electrons. The highest BCUT2D eigenvalue weighted by Crippen LogP contribution is 2.16. The first-order valence-corrected chi connectivity index (χ1v) is 6.39. The summed E-state index contributed by atoms with van der Waals surface area (Å²) in [7, 11) is 1.59. The molecule has 0 saturated carbocycles. The second-order valence-corrected chi connectivity index (χ2v) is 4.51. The third kappa shape index (κ3) is 3.52. The van der Waals surface area contributed by atoms with Crippen LogP contribution in [0.5, 0.6) is 0 Å². The second kappa shape index (κ2) is 5.96. The van der Waals surface area contributed by atoms with Gasteiger partial charge in [-0.25, -0.2) is 4.98 Å². The number of hydrazone groups is 1. The van der Waals surface area contributed by atoms with Gasteiger partial charge in [-0.15, -0.1) is 11.3 Å². The SMILES string of the molecule is CNC(=O)c1cccc(C=NNc2nc(N)cs2)c1. The summed E-state index contributed by atoms with van der Waals surface area (Å²) in [5.41, 5.74) is 9.67. The molecule has 0 fully saturated rings. The molecule has 4 N–H and O–H groups in total. The first-order valence-electron chi connectivity index (χ1n) is 5.51. The van der Waals surface area contributed by atoms with Gasteiger partial charge in [0, 0.05) is 18.0 Å². The number of rotatable bonds is 4. The predicted molar refractivity (Wildman–Crippen MR) is 77.6 cm³/mol. The van der Waals surface area contributed by atoms with Gasteiger partial charge in [0.15, 0.2) is 0 Å². The molecule has 1 aromatic heterocycles. The van der Waals surface area contributed by atoms with Crippen LogP contribution in [0, 0.1) is 0 Å². The number of nitrogens with two attached hydrogens (primary N) is 1. The van der Waals surface area contributed by atoms with Gasteiger partial charge in [-0.3, -0.25) is 10.2 Å². The van der Waals surface area contributed by atoms with Gasteiger partial charge in [0.2, 0.25) is 5.13 Å². The molecule has 1 heterocycles. The molecular weight excluding hydrogens is 262 g/mol. The molecule has 1 amide bonds. The summed E-state index contributed by atoms with van der Waals surface area (Å²) in [4.78, 5) is 15.5. The molecule has 0 aliphatic rings. The normalized spacial score (nSPS) is 10.6. The predicted octanol–water partition coefficient (Wildman–Crippen LogP) is 1.53. The standard InChI is InChI=1S/C12H13N5OS/c1-14-11(18)9-4-2-3-8(5-9)6-15-17-12-16-10(13)7-19-12/h2-7H,13H2,1H3,(H,14,18)(H,16,17). The maximum Gasteiger partial charge on any atom is 0.251 e. The summed E-state index contributed by atoms with van der Waals surface area (Å²) in [5.74, 6) is 0.334. The molecule has 1 aromatic carbocycles. The molecule has 2 aromatic rings. The Morgan fingerprint density at radius 1 is 1.53 bits per heavy atom. The van der Waals surface area contributed by atoms with Crippen LogP contribution in [0.2, 0.25) is 0 Å². The Balaban J connectivity index is 2.04. The quantitative estimate of drug-likeness (QED) is 0.583. The number of benzene rings is 1. The van der Waals surface area contributed by atoms with E-state index in [1.807, 2.05) is 6.07 Å². The highest BCUT2D eigenvalue weighted by molar-refractivity contribution is 7.14. The van der Waals surface area contributed by atoms with Crippen LogP contribution >= 0.6 is 11.3 Å². The van der Waals surface area contributed by atoms with Crippen molar-refractivity contribution in [1.29, 1.82) is 0 Å². The van der Waals surface area contributed by atoms with Gasteiger partial charge < -0.3 is 11.1 Å². The van der Waals surface area contributed by atoms with Crippen LogP contribution in [0.15, 0.2) is 34.7 Å². The molecule has 0 atom stereocenters. The second-order valence-electron chi connectivity index (χ2n) is 3.65. The minimum atomic E-state index is -0.129. The van der Waals surface area contributed by atoms with Crippen LogP contribution in [0.4, 0.5) is 10.9 Å². The largest absolute Gasteiger partial charge is 0.383 e. The molecule has 98 valence electrons. The molecular formula is C12H13N5OS. The number of thiazole rings is 1. The lowest BCUT2D eigenvalue weighted by molar-refractivity contribution is 0.0963. The lowest BCUT2D eigenvalue weighted by Gasteiger charge is -2.00. The number of hydrogen-bond donors (Lipinski definition) is 3. The van der Waals surface area contributed by atoms with Crippen LogP contribution in [-0.2, 0) is 0 Å². The Hall–Kier alpha value is -2.41. The van der Waals surface area contributed by atoms with Crippen molar-refractivity contribution in [3.05, 3.63) is 40.8 Å². The van der Waals surface area contributed by atoms with Gasteiger partial charge in [-0.1, -0.05) is 12.1 Å². The van der Waals surface area contributed by atoms with Crippen LogP contribution in [-0.4, -0.2) is 24.2 Å². The topological polar surface area (TPSA) is 92.4 Å². The fraction of sp³-hybridized carbons (Fsp3) is 0.0833. The lowest BCUT2D eigenvalue weighted by Crippen LogP contribution is -2.17. The van der Waals surface area contributed by atoms with Crippen molar-refractivity contribution in [1.82, 2.24) is 10.3 Å². The van der Waals surface area contributed by atoms with Crippen molar-refractivity contribution in [3.63, 3.8) is 0 Å². The molecule has 0 saturated heterocycles. The summed E-state index contributed by atoms with van der Waals surface area (Å²) in [6.45, 7) is 0. The highest BCUT2D eigenvalue weighted by atomic mass is 32.1. The van der Waals surface area contributed by atoms with E-state index in [2.05, 4.69) is 20.8 Å². The van der Waals surface area contributed by atoms with E-state index in [4.69, 9.17) is 5.73 Å². The van der Waals surface area contributed by atoms with Crippen LogP contribution in [0.3, 0.4) is 0 Å². The van der Waals surface area contributed by atoms with Crippen molar-refractivity contribution in [2.45, 2.75) is 0 Å². The number of hydrogen-bond acceptors (Lipinski definition) is 6. The van der Waals surface area contributed by atoms with Gasteiger partial charge in [-0.2, -0.15) is 5.10 Å². The minimum Gasteiger partial charge on any atom is -0.383 e. The van der Waals surface area contributed by atoms with Crippen LogP contribution < -0.4 is 16.5 Å². The minimum absolute atomic E-state index is 0.129. The molecule has 7 heteroatoms. The van der Waals surface area contributed by atoms with Crippen LogP contribution in [0.1, 0.15) is 15.9 Å². The van der Waals surface area contributed by atoms with Gasteiger partial charge >= 0.3 is 0 Å². The average molecular weight is 275 g/mol. The molecule has 0 aliphatic heterocycles. The lowest BCUT2D eigenvalue weighted by atomic mass is 10.1. The van der Waals surface area contributed by atoms with E-state index in [1.54, 1.807) is 36.8 Å². The van der Waals surface area contributed by atoms with E-state index in [9.17, 15) is 4.79 Å². The number of nitrogen functional groups attached to an aromatic ring is 1. The third-order valence-electron chi connectivity index (χ3n) is 2.27. The van der Waals surface area contributed by atoms with E-state index in [0.29, 0.717) is 16.5 Å². The fourth-order valence-electron chi connectivity index (χ4n) is 1.40. The Labute approximate surface area is 114 Å². The fourth-order valence-corrected chi connectivity index (χ4v) is 1.95. The van der Waals surface area contributed by atoms with E-state index in [0.717, 1.165) is 5.56 Å². The Bertz CT molecular complexity index is 608. The molecule has 0 aliphatic carbocycles. The average Bonchev–Trinajstić information content (AvgIpc) is 2.84. The molecule has 0 bridgehead atoms. The summed E-state index contributed by atoms with van der Waals surface area (Å²) in [5, 5.41) is 8.96. The maximum absolute atomic E-state index is 11.5. The number of nitrogens with one attached hydrogen (secondary N) is 2. The zero-order valence-electron chi connectivity index (χ0n) is 10.3. The summed E-state index contributed by atoms with van der Waals surface area (Å²) in [6.07, 6.45) is 1.62. The number of amides is 1. The summed E-state index contributed by atoms with van der Waals surface area (Å²) < 4.78 is 0. The van der Waals surface area contributed by atoms with Crippen molar-refractivity contribution in [2.75, 3.05) is 18.2 Å². The van der Waals surface area contributed by atoms with Gasteiger partial charge in [0.25, 0.3) is 5.91 Å². The zero-order chi connectivity index (χ0) is 13.7. The Morgan fingerprint density at radius 3 is 3.05 bits per heavy atom. The smallest absolute Gasteiger partial charge is 0.251 e. The van der Waals surface area contributed by atoms with Gasteiger partial charge in [-0.05, 0) is 17.7 Å². The Kier molecular flexibility index (Phi) is 4.09. The highest BCUT2D eigenvalue weighted by Gasteiger charge is 2.02. The monoisotopic (exact) mass is 275 g/mol. The molecule has 6 nitrogen and oxygen atoms in total. The number of carbonyl (C=O) groups is 1. The van der Waals surface area contributed by atoms with Crippen molar-refractivity contribution in [2.24, 2.45) is 5.10 Å². The Morgan fingerprint density at radius 2 is 2.37 bits per heavy atom. The molecule has 19 heavy (non-hydrogen) atoms. The summed E-state index contributed by atoms with van der Waals surface area (Å²) >= 11 is 1.37. The van der Waals surface area contributed by atoms with Gasteiger partial charge in [0.05, 0.1) is 6.21 Å². The van der Waals surface area contributed by atoms with Crippen LogP contribution in [0.25, 0.3) is 0 Å². The van der Waals surface area contributed by atoms with E-state index < -0.39 is 0 Å². The number of aromatic nitrogens is 1. The van der Waals surface area contributed by atoms with Crippen molar-refractivity contribution < 1.29 is 4.79 Å². The summed E-state index contributed by atoms with van der Waals surface area (Å²) in [6, 6.07) is 7.15. The first kappa shape index (κ1) is 13.0. The zero-order valence-corrected chi connectivity index (χ0v) is 11.1. The molecule has 0 unspecified atom stereocenters. The number of carbonyl (C=O) groups excluding carboxylic acids is 1. The molecule has 2 rings (SSSR count). The third-order valence-corrected chi connectivity index (χ3v) is 3.04. The van der Waals surface area contributed by atoms with Crippen molar-refractivity contribution in [3.8, 4) is 0 Å². The van der Waals surface area contributed by atoms with E-state index in [-0.39, 0.29) is 5.91 Å². The van der Waals surface area contributed by atoms with Crippen molar-refractivity contribution >= 4 is 34.4 Å². The van der Waals surface area contributed by atoms with E-state index >= 15 is 0 Å². The first-order chi connectivity index (χ1) is 9.19. The van der Waals surface area contributed by atoms with Gasteiger partial charge in [0.1, 0.15) is 5.82 Å². The number of anilines is 2. The maximum atomic E-state index is 11.5. The number of nitrogens with zero attached hydrogens (tertiary/aromatic N) is 2. The molecule has 0 spiro atoms.